The third-order valence-electron chi connectivity index (χ3n) is 4.75. The predicted molar refractivity (Wildman–Crippen MR) is 102 cm³/mol. The number of amides is 3. The highest BCUT2D eigenvalue weighted by molar-refractivity contribution is 5.94. The average Bonchev–Trinajstić information content (AvgIpc) is 2.66. The molecule has 7 heteroatoms. The zero-order valence-electron chi connectivity index (χ0n) is 14.9. The summed E-state index contributed by atoms with van der Waals surface area (Å²) in [6.07, 6.45) is 0.783. The Bertz CT molecular complexity index is 864. The van der Waals surface area contributed by atoms with Crippen molar-refractivity contribution >= 4 is 23.4 Å². The SMILES string of the molecule is NC(=O)c1ccc(NC(=O)CCN2Cc3ccccc3C[C@H]2C(N)=O)cc1. The van der Waals surface area contributed by atoms with Gasteiger partial charge in [-0.1, -0.05) is 24.3 Å². The summed E-state index contributed by atoms with van der Waals surface area (Å²) in [4.78, 5) is 37.1. The summed E-state index contributed by atoms with van der Waals surface area (Å²) < 4.78 is 0. The normalized spacial score (nSPS) is 16.4. The van der Waals surface area contributed by atoms with Gasteiger partial charge in [-0.2, -0.15) is 0 Å². The molecule has 7 nitrogen and oxygen atoms in total. The van der Waals surface area contributed by atoms with Gasteiger partial charge in [0.25, 0.3) is 0 Å². The van der Waals surface area contributed by atoms with Gasteiger partial charge >= 0.3 is 0 Å². The van der Waals surface area contributed by atoms with Crippen LogP contribution in [0.25, 0.3) is 0 Å². The van der Waals surface area contributed by atoms with Crippen molar-refractivity contribution in [1.82, 2.24) is 4.90 Å². The molecular formula is C20H22N4O3. The van der Waals surface area contributed by atoms with Crippen LogP contribution in [0.1, 0.15) is 27.9 Å². The van der Waals surface area contributed by atoms with E-state index < -0.39 is 11.9 Å². The zero-order chi connectivity index (χ0) is 19.4. The molecule has 1 atom stereocenters. The van der Waals surface area contributed by atoms with Crippen LogP contribution in [0.15, 0.2) is 48.5 Å². The van der Waals surface area contributed by atoms with E-state index in [4.69, 9.17) is 11.5 Å². The summed E-state index contributed by atoms with van der Waals surface area (Å²) in [7, 11) is 0. The van der Waals surface area contributed by atoms with Crippen molar-refractivity contribution in [3.05, 3.63) is 65.2 Å². The average molecular weight is 366 g/mol. The molecule has 0 aliphatic carbocycles. The van der Waals surface area contributed by atoms with E-state index in [2.05, 4.69) is 5.32 Å². The molecular weight excluding hydrogens is 344 g/mol. The molecule has 0 saturated carbocycles. The number of rotatable bonds is 6. The fourth-order valence-corrected chi connectivity index (χ4v) is 3.28. The number of nitrogens with zero attached hydrogens (tertiary/aromatic N) is 1. The molecule has 1 aliphatic heterocycles. The lowest BCUT2D eigenvalue weighted by molar-refractivity contribution is -0.125. The van der Waals surface area contributed by atoms with Gasteiger partial charge in [0.05, 0.1) is 6.04 Å². The zero-order valence-corrected chi connectivity index (χ0v) is 14.9. The Morgan fingerprint density at radius 3 is 2.30 bits per heavy atom. The second-order valence-electron chi connectivity index (χ2n) is 6.60. The van der Waals surface area contributed by atoms with Crippen molar-refractivity contribution in [3.8, 4) is 0 Å². The van der Waals surface area contributed by atoms with Crippen LogP contribution in [-0.2, 0) is 22.6 Å². The molecule has 0 bridgehead atoms. The Hall–Kier alpha value is -3.19. The number of benzene rings is 2. The molecule has 0 aromatic heterocycles. The van der Waals surface area contributed by atoms with Crippen molar-refractivity contribution in [1.29, 1.82) is 0 Å². The minimum absolute atomic E-state index is 0.177. The Morgan fingerprint density at radius 1 is 1.00 bits per heavy atom. The second kappa shape index (κ2) is 8.01. The molecule has 0 spiro atoms. The topological polar surface area (TPSA) is 119 Å². The van der Waals surface area contributed by atoms with Gasteiger partial charge < -0.3 is 16.8 Å². The van der Waals surface area contributed by atoms with Crippen LogP contribution in [0.5, 0.6) is 0 Å². The van der Waals surface area contributed by atoms with Crippen LogP contribution in [0.3, 0.4) is 0 Å². The van der Waals surface area contributed by atoms with E-state index in [9.17, 15) is 14.4 Å². The van der Waals surface area contributed by atoms with Crippen molar-refractivity contribution in [3.63, 3.8) is 0 Å². The highest BCUT2D eigenvalue weighted by Crippen LogP contribution is 2.23. The van der Waals surface area contributed by atoms with Crippen molar-refractivity contribution in [2.24, 2.45) is 11.5 Å². The number of carbonyl (C=O) groups is 3. The number of nitrogens with one attached hydrogen (secondary N) is 1. The standard InChI is InChI=1S/C20H22N4O3/c21-19(26)13-5-7-16(8-6-13)23-18(25)9-10-24-12-15-4-2-1-3-14(15)11-17(24)20(22)27/h1-8,17H,9-12H2,(H2,21,26)(H2,22,27)(H,23,25)/t17-/m0/s1. The lowest BCUT2D eigenvalue weighted by Gasteiger charge is -2.34. The maximum atomic E-state index is 12.3. The van der Waals surface area contributed by atoms with E-state index in [1.54, 1.807) is 24.3 Å². The molecule has 2 aromatic rings. The summed E-state index contributed by atoms with van der Waals surface area (Å²) in [5, 5.41) is 2.78. The van der Waals surface area contributed by atoms with Gasteiger partial charge in [0, 0.05) is 30.8 Å². The van der Waals surface area contributed by atoms with Crippen molar-refractivity contribution < 1.29 is 14.4 Å². The fourth-order valence-electron chi connectivity index (χ4n) is 3.28. The Labute approximate surface area is 157 Å². The second-order valence-corrected chi connectivity index (χ2v) is 6.60. The summed E-state index contributed by atoms with van der Waals surface area (Å²) in [6.45, 7) is 1.01. The number of fused-ring (bicyclic) bond motifs is 1. The molecule has 27 heavy (non-hydrogen) atoms. The van der Waals surface area contributed by atoms with Crippen LogP contribution < -0.4 is 16.8 Å². The first kappa shape index (κ1) is 18.6. The summed E-state index contributed by atoms with van der Waals surface area (Å²) in [6, 6.07) is 13.9. The number of hydrogen-bond donors (Lipinski definition) is 3. The molecule has 3 rings (SSSR count). The van der Waals surface area contributed by atoms with Crippen molar-refractivity contribution in [2.75, 3.05) is 11.9 Å². The monoisotopic (exact) mass is 366 g/mol. The summed E-state index contributed by atoms with van der Waals surface area (Å²) >= 11 is 0. The fraction of sp³-hybridized carbons (Fsp3) is 0.250. The minimum atomic E-state index is -0.518. The van der Waals surface area contributed by atoms with Gasteiger partial charge in [0.2, 0.25) is 17.7 Å². The highest BCUT2D eigenvalue weighted by atomic mass is 16.2. The van der Waals surface area contributed by atoms with Crippen LogP contribution in [0.4, 0.5) is 5.69 Å². The van der Waals surface area contributed by atoms with Crippen LogP contribution in [0, 0.1) is 0 Å². The van der Waals surface area contributed by atoms with Gasteiger partial charge in [-0.15, -0.1) is 0 Å². The van der Waals surface area contributed by atoms with Gasteiger partial charge in [0.1, 0.15) is 0 Å². The third kappa shape index (κ3) is 4.51. The van der Waals surface area contributed by atoms with E-state index in [-0.39, 0.29) is 18.2 Å². The molecule has 3 amide bonds. The van der Waals surface area contributed by atoms with Gasteiger partial charge in [-0.3, -0.25) is 19.3 Å². The molecule has 2 aromatic carbocycles. The molecule has 5 N–H and O–H groups in total. The number of carbonyl (C=O) groups excluding carboxylic acids is 3. The van der Waals surface area contributed by atoms with E-state index in [1.165, 1.54) is 0 Å². The van der Waals surface area contributed by atoms with Gasteiger partial charge in [-0.05, 0) is 41.8 Å². The van der Waals surface area contributed by atoms with E-state index >= 15 is 0 Å². The first-order chi connectivity index (χ1) is 12.9. The third-order valence-corrected chi connectivity index (χ3v) is 4.75. The Balaban J connectivity index is 1.60. The minimum Gasteiger partial charge on any atom is -0.368 e. The molecule has 0 unspecified atom stereocenters. The summed E-state index contributed by atoms with van der Waals surface area (Å²) in [5.74, 6) is -1.08. The quantitative estimate of drug-likeness (QED) is 0.707. The predicted octanol–water partition coefficient (Wildman–Crippen LogP) is 1.03. The summed E-state index contributed by atoms with van der Waals surface area (Å²) in [5.41, 5.74) is 14.0. The maximum Gasteiger partial charge on any atom is 0.248 e. The lowest BCUT2D eigenvalue weighted by Crippen LogP contribution is -2.49. The number of nitrogens with two attached hydrogens (primary N) is 2. The molecule has 140 valence electrons. The highest BCUT2D eigenvalue weighted by Gasteiger charge is 2.29. The number of anilines is 1. The molecule has 1 heterocycles. The molecule has 1 aliphatic rings. The van der Waals surface area contributed by atoms with E-state index in [0.29, 0.717) is 30.8 Å². The van der Waals surface area contributed by atoms with Crippen LogP contribution in [-0.4, -0.2) is 35.2 Å². The lowest BCUT2D eigenvalue weighted by atomic mass is 9.93. The largest absolute Gasteiger partial charge is 0.368 e. The van der Waals surface area contributed by atoms with E-state index in [1.807, 2.05) is 29.2 Å². The number of hydrogen-bond acceptors (Lipinski definition) is 4. The van der Waals surface area contributed by atoms with Crippen molar-refractivity contribution in [2.45, 2.75) is 25.4 Å². The first-order valence-electron chi connectivity index (χ1n) is 8.74. The smallest absolute Gasteiger partial charge is 0.248 e. The molecule has 0 radical (unpaired) electrons. The Kier molecular flexibility index (Phi) is 5.52. The van der Waals surface area contributed by atoms with Crippen LogP contribution in [0.2, 0.25) is 0 Å². The van der Waals surface area contributed by atoms with E-state index in [0.717, 1.165) is 11.1 Å². The maximum absolute atomic E-state index is 12.3. The first-order valence-corrected chi connectivity index (χ1v) is 8.74. The van der Waals surface area contributed by atoms with Gasteiger partial charge in [-0.25, -0.2) is 0 Å². The van der Waals surface area contributed by atoms with Crippen LogP contribution >= 0.6 is 0 Å². The number of primary amides is 2. The van der Waals surface area contributed by atoms with Gasteiger partial charge in [0.15, 0.2) is 0 Å². The molecule has 0 saturated heterocycles. The molecule has 0 fully saturated rings. The Morgan fingerprint density at radius 2 is 1.67 bits per heavy atom.